The third-order valence-electron chi connectivity index (χ3n) is 3.70. The molecule has 0 aliphatic carbocycles. The van der Waals surface area contributed by atoms with Gasteiger partial charge < -0.3 is 9.64 Å². The molecule has 1 aliphatic rings. The minimum absolute atomic E-state index is 0.131. The van der Waals surface area contributed by atoms with Gasteiger partial charge in [-0.25, -0.2) is 13.8 Å². The summed E-state index contributed by atoms with van der Waals surface area (Å²) in [6, 6.07) is 12.1. The number of hydrogen-bond acceptors (Lipinski definition) is 3. The topological polar surface area (TPSA) is 41.9 Å². The maximum Gasteiger partial charge on any atom is 0.246 e. The normalized spacial score (nSPS) is 17.4. The average molecular weight is 456 g/mol. The third-order valence-corrected chi connectivity index (χ3v) is 4.77. The van der Waals surface area contributed by atoms with Crippen molar-refractivity contribution in [2.24, 2.45) is 4.99 Å². The monoisotopic (exact) mass is 456 g/mol. The molecule has 25 heavy (non-hydrogen) atoms. The Balaban J connectivity index is 1.63. The maximum absolute atomic E-state index is 13.3. The first-order valence-corrected chi connectivity index (χ1v) is 8.86. The van der Waals surface area contributed by atoms with Crippen molar-refractivity contribution < 1.29 is 18.3 Å². The van der Waals surface area contributed by atoms with Crippen molar-refractivity contribution in [3.8, 4) is 0 Å². The Morgan fingerprint density at radius 2 is 1.88 bits per heavy atom. The predicted octanol–water partition coefficient (Wildman–Crippen LogP) is 3.68. The standard InChI is InChI=1S/C18H15F2IN2O2/c19-14-6-4-12(5-7-14)10-25-17-16(21)18(24)23(11-22-17)9-13-2-1-3-15(20)8-13/h1-8,16H,9-11H2. The van der Waals surface area contributed by atoms with Crippen molar-refractivity contribution in [2.75, 3.05) is 6.67 Å². The number of benzene rings is 2. The summed E-state index contributed by atoms with van der Waals surface area (Å²) >= 11 is 1.98. The van der Waals surface area contributed by atoms with Gasteiger partial charge in [-0.1, -0.05) is 46.9 Å². The molecule has 1 atom stereocenters. The lowest BCUT2D eigenvalue weighted by Gasteiger charge is -2.28. The number of aliphatic imine (C=N–C) groups is 1. The second-order valence-electron chi connectivity index (χ2n) is 5.58. The Morgan fingerprint density at radius 1 is 1.12 bits per heavy atom. The summed E-state index contributed by atoms with van der Waals surface area (Å²) in [6.07, 6.45) is 0. The SMILES string of the molecule is O=C1C(I)C(OCc2ccc(F)cc2)=NCN1Cc1cccc(F)c1. The first-order chi connectivity index (χ1) is 12.0. The molecule has 0 N–H and O–H groups in total. The van der Waals surface area contributed by atoms with Crippen molar-refractivity contribution >= 4 is 34.4 Å². The van der Waals surface area contributed by atoms with E-state index in [1.54, 1.807) is 29.2 Å². The Hall–Kier alpha value is -2.03. The van der Waals surface area contributed by atoms with Gasteiger partial charge in [0.1, 0.15) is 24.9 Å². The molecule has 1 aliphatic heterocycles. The summed E-state index contributed by atoms with van der Waals surface area (Å²) in [5.74, 6) is -0.423. The Bertz CT molecular complexity index is 796. The largest absolute Gasteiger partial charge is 0.475 e. The molecule has 2 aromatic carbocycles. The molecule has 3 rings (SSSR count). The quantitative estimate of drug-likeness (QED) is 0.521. The smallest absolute Gasteiger partial charge is 0.246 e. The second-order valence-corrected chi connectivity index (χ2v) is 6.83. The molecule has 0 spiro atoms. The Kier molecular flexibility index (Phi) is 5.62. The number of amides is 1. The van der Waals surface area contributed by atoms with E-state index in [0.717, 1.165) is 5.56 Å². The van der Waals surface area contributed by atoms with Crippen molar-refractivity contribution in [3.63, 3.8) is 0 Å². The van der Waals surface area contributed by atoms with E-state index in [4.69, 9.17) is 4.74 Å². The van der Waals surface area contributed by atoms with Gasteiger partial charge in [-0.05, 0) is 35.4 Å². The highest BCUT2D eigenvalue weighted by Gasteiger charge is 2.31. The zero-order valence-corrected chi connectivity index (χ0v) is 15.3. The van der Waals surface area contributed by atoms with E-state index in [9.17, 15) is 13.6 Å². The molecule has 7 heteroatoms. The summed E-state index contributed by atoms with van der Waals surface area (Å²) in [7, 11) is 0. The molecule has 0 saturated heterocycles. The minimum Gasteiger partial charge on any atom is -0.475 e. The number of ether oxygens (including phenoxy) is 1. The first-order valence-electron chi connectivity index (χ1n) is 7.62. The molecule has 0 aromatic heterocycles. The average Bonchev–Trinajstić information content (AvgIpc) is 2.60. The predicted molar refractivity (Wildman–Crippen MR) is 98.2 cm³/mol. The second kappa shape index (κ2) is 7.90. The van der Waals surface area contributed by atoms with Gasteiger partial charge in [-0.3, -0.25) is 4.79 Å². The van der Waals surface area contributed by atoms with Gasteiger partial charge in [-0.15, -0.1) is 0 Å². The van der Waals surface area contributed by atoms with Gasteiger partial charge in [0.25, 0.3) is 0 Å². The van der Waals surface area contributed by atoms with Crippen LogP contribution < -0.4 is 0 Å². The van der Waals surface area contributed by atoms with Crippen molar-refractivity contribution in [2.45, 2.75) is 17.1 Å². The first kappa shape index (κ1) is 17.8. The van der Waals surface area contributed by atoms with E-state index in [0.29, 0.717) is 18.0 Å². The van der Waals surface area contributed by atoms with Crippen LogP contribution in [0.15, 0.2) is 53.5 Å². The number of nitrogens with zero attached hydrogens (tertiary/aromatic N) is 2. The van der Waals surface area contributed by atoms with Gasteiger partial charge in [0.15, 0.2) is 3.92 Å². The number of carbonyl (C=O) groups excluding carboxylic acids is 1. The van der Waals surface area contributed by atoms with Crippen LogP contribution in [0, 0.1) is 11.6 Å². The fourth-order valence-electron chi connectivity index (χ4n) is 2.41. The van der Waals surface area contributed by atoms with Crippen LogP contribution in [0.2, 0.25) is 0 Å². The Morgan fingerprint density at radius 3 is 2.60 bits per heavy atom. The molecule has 0 radical (unpaired) electrons. The van der Waals surface area contributed by atoms with Gasteiger partial charge in [0.05, 0.1) is 0 Å². The third kappa shape index (κ3) is 4.53. The summed E-state index contributed by atoms with van der Waals surface area (Å²) in [5.41, 5.74) is 1.50. The van der Waals surface area contributed by atoms with Gasteiger partial charge in [0.2, 0.25) is 11.8 Å². The molecular formula is C18H15F2IN2O2. The number of alkyl halides is 1. The fraction of sp³-hybridized carbons (Fsp3) is 0.222. The number of halogens is 3. The molecule has 0 bridgehead atoms. The molecule has 1 heterocycles. The number of carbonyl (C=O) groups is 1. The van der Waals surface area contributed by atoms with Crippen molar-refractivity contribution in [1.29, 1.82) is 0 Å². The van der Waals surface area contributed by atoms with E-state index in [1.807, 2.05) is 22.6 Å². The summed E-state index contributed by atoms with van der Waals surface area (Å²) in [5, 5.41) is 0. The zero-order valence-electron chi connectivity index (χ0n) is 13.2. The van der Waals surface area contributed by atoms with Crippen LogP contribution in [0.1, 0.15) is 11.1 Å². The molecule has 0 fully saturated rings. The van der Waals surface area contributed by atoms with Crippen LogP contribution in [-0.4, -0.2) is 27.3 Å². The highest BCUT2D eigenvalue weighted by atomic mass is 127. The fourth-order valence-corrected chi connectivity index (χ4v) is 3.18. The van der Waals surface area contributed by atoms with Crippen LogP contribution in [0.3, 0.4) is 0 Å². The van der Waals surface area contributed by atoms with Crippen LogP contribution in [0.5, 0.6) is 0 Å². The molecule has 0 saturated carbocycles. The van der Waals surface area contributed by atoms with Crippen LogP contribution in [0.4, 0.5) is 8.78 Å². The highest BCUT2D eigenvalue weighted by Crippen LogP contribution is 2.19. The lowest BCUT2D eigenvalue weighted by atomic mass is 10.2. The van der Waals surface area contributed by atoms with Crippen LogP contribution >= 0.6 is 22.6 Å². The van der Waals surface area contributed by atoms with Gasteiger partial charge >= 0.3 is 0 Å². The molecular weight excluding hydrogens is 441 g/mol. The molecule has 130 valence electrons. The Labute approximate surface area is 157 Å². The van der Waals surface area contributed by atoms with Gasteiger partial charge in [-0.2, -0.15) is 0 Å². The van der Waals surface area contributed by atoms with E-state index in [2.05, 4.69) is 4.99 Å². The maximum atomic E-state index is 13.3. The minimum atomic E-state index is -0.541. The highest BCUT2D eigenvalue weighted by molar-refractivity contribution is 14.1. The van der Waals surface area contributed by atoms with E-state index in [1.165, 1.54) is 24.3 Å². The lowest BCUT2D eigenvalue weighted by molar-refractivity contribution is -0.130. The van der Waals surface area contributed by atoms with E-state index < -0.39 is 3.92 Å². The van der Waals surface area contributed by atoms with Crippen LogP contribution in [0.25, 0.3) is 0 Å². The van der Waals surface area contributed by atoms with Crippen LogP contribution in [-0.2, 0) is 22.7 Å². The number of hydrogen-bond donors (Lipinski definition) is 0. The summed E-state index contributed by atoms with van der Waals surface area (Å²) in [6.45, 7) is 0.675. The summed E-state index contributed by atoms with van der Waals surface area (Å²) in [4.78, 5) is 18.4. The lowest BCUT2D eigenvalue weighted by Crippen LogP contribution is -2.44. The zero-order chi connectivity index (χ0) is 17.8. The summed E-state index contributed by atoms with van der Waals surface area (Å²) < 4.78 is 31.3. The molecule has 2 aromatic rings. The van der Waals surface area contributed by atoms with Crippen molar-refractivity contribution in [3.05, 3.63) is 71.3 Å². The molecule has 4 nitrogen and oxygen atoms in total. The van der Waals surface area contributed by atoms with E-state index in [-0.39, 0.29) is 30.8 Å². The molecule has 1 unspecified atom stereocenters. The molecule has 1 amide bonds. The van der Waals surface area contributed by atoms with Gasteiger partial charge in [0, 0.05) is 6.54 Å². The number of rotatable bonds is 4. The van der Waals surface area contributed by atoms with Crippen molar-refractivity contribution in [1.82, 2.24) is 4.90 Å². The van der Waals surface area contributed by atoms with E-state index >= 15 is 0 Å².